The maximum atomic E-state index is 12.8. The standard InChI is InChI=1S/C25H23BrO6/c1-29-15-16-31-24(27)19-7-10-21(11-8-19)32-25(28)22-17-20(26)9-12-23(22)30-14-13-18-5-3-2-4-6-18/h2-12,17H,13-16H2,1H3. The molecule has 0 aliphatic rings. The van der Waals surface area contributed by atoms with Crippen LogP contribution in [-0.2, 0) is 15.9 Å². The van der Waals surface area contributed by atoms with Gasteiger partial charge in [-0.25, -0.2) is 9.59 Å². The highest BCUT2D eigenvalue weighted by molar-refractivity contribution is 9.10. The van der Waals surface area contributed by atoms with Gasteiger partial charge in [0, 0.05) is 18.0 Å². The van der Waals surface area contributed by atoms with Crippen LogP contribution in [0, 0.1) is 0 Å². The van der Waals surface area contributed by atoms with Gasteiger partial charge in [-0.15, -0.1) is 0 Å². The maximum absolute atomic E-state index is 12.8. The molecule has 0 heterocycles. The van der Waals surface area contributed by atoms with Gasteiger partial charge in [0.05, 0.1) is 18.8 Å². The number of carbonyl (C=O) groups excluding carboxylic acids is 2. The Bertz CT molecular complexity index is 1030. The van der Waals surface area contributed by atoms with Crippen LogP contribution >= 0.6 is 15.9 Å². The number of benzene rings is 3. The van der Waals surface area contributed by atoms with E-state index in [9.17, 15) is 9.59 Å². The van der Waals surface area contributed by atoms with Crippen molar-refractivity contribution in [3.8, 4) is 11.5 Å². The van der Waals surface area contributed by atoms with E-state index in [4.69, 9.17) is 18.9 Å². The van der Waals surface area contributed by atoms with Crippen LogP contribution < -0.4 is 9.47 Å². The summed E-state index contributed by atoms with van der Waals surface area (Å²) in [6, 6.07) is 21.3. The number of esters is 2. The Balaban J connectivity index is 1.62. The molecule has 0 unspecified atom stereocenters. The summed E-state index contributed by atoms with van der Waals surface area (Å²) in [6.45, 7) is 0.914. The first kappa shape index (κ1) is 23.5. The summed E-state index contributed by atoms with van der Waals surface area (Å²) < 4.78 is 22.0. The highest BCUT2D eigenvalue weighted by Gasteiger charge is 2.17. The van der Waals surface area contributed by atoms with Gasteiger partial charge < -0.3 is 18.9 Å². The smallest absolute Gasteiger partial charge is 0.347 e. The van der Waals surface area contributed by atoms with Crippen molar-refractivity contribution in [2.45, 2.75) is 6.42 Å². The average molecular weight is 499 g/mol. The number of hydrogen-bond acceptors (Lipinski definition) is 6. The lowest BCUT2D eigenvalue weighted by atomic mass is 10.1. The fraction of sp³-hybridized carbons (Fsp3) is 0.200. The highest BCUT2D eigenvalue weighted by Crippen LogP contribution is 2.25. The van der Waals surface area contributed by atoms with Crippen LogP contribution in [-0.4, -0.2) is 38.9 Å². The van der Waals surface area contributed by atoms with Crippen LogP contribution in [0.15, 0.2) is 77.3 Å². The van der Waals surface area contributed by atoms with E-state index in [0.29, 0.717) is 42.3 Å². The number of ether oxygens (including phenoxy) is 4. The molecule has 6 nitrogen and oxygen atoms in total. The minimum absolute atomic E-state index is 0.169. The van der Waals surface area contributed by atoms with E-state index in [1.807, 2.05) is 30.3 Å². The molecule has 0 aliphatic heterocycles. The molecule has 166 valence electrons. The Labute approximate surface area is 195 Å². The molecule has 0 bridgehead atoms. The van der Waals surface area contributed by atoms with Gasteiger partial charge in [-0.05, 0) is 48.0 Å². The number of halogens is 1. The van der Waals surface area contributed by atoms with Crippen molar-refractivity contribution in [2.24, 2.45) is 0 Å². The molecule has 0 fully saturated rings. The Morgan fingerprint density at radius 1 is 0.844 bits per heavy atom. The van der Waals surface area contributed by atoms with Crippen molar-refractivity contribution in [1.82, 2.24) is 0 Å². The molecule has 0 saturated carbocycles. The van der Waals surface area contributed by atoms with Gasteiger partial charge in [0.2, 0.25) is 0 Å². The zero-order valence-electron chi connectivity index (χ0n) is 17.6. The lowest BCUT2D eigenvalue weighted by Gasteiger charge is -2.12. The second kappa shape index (κ2) is 12.0. The Morgan fingerprint density at radius 2 is 1.59 bits per heavy atom. The van der Waals surface area contributed by atoms with Crippen molar-refractivity contribution >= 4 is 27.9 Å². The third kappa shape index (κ3) is 6.93. The second-order valence-electron chi connectivity index (χ2n) is 6.77. The topological polar surface area (TPSA) is 71.1 Å². The summed E-state index contributed by atoms with van der Waals surface area (Å²) in [5.74, 6) is -0.288. The van der Waals surface area contributed by atoms with Crippen LogP contribution in [0.1, 0.15) is 26.3 Å². The van der Waals surface area contributed by atoms with E-state index < -0.39 is 11.9 Å². The number of carbonyl (C=O) groups is 2. The van der Waals surface area contributed by atoms with Gasteiger partial charge in [0.25, 0.3) is 0 Å². The van der Waals surface area contributed by atoms with E-state index in [2.05, 4.69) is 15.9 Å². The molecule has 0 aromatic heterocycles. The Hall–Kier alpha value is -3.16. The molecule has 3 aromatic carbocycles. The fourth-order valence-electron chi connectivity index (χ4n) is 2.83. The summed E-state index contributed by atoms with van der Waals surface area (Å²) >= 11 is 3.38. The lowest BCUT2D eigenvalue weighted by molar-refractivity contribution is 0.0388. The molecule has 7 heteroatoms. The van der Waals surface area contributed by atoms with Crippen molar-refractivity contribution < 1.29 is 28.5 Å². The summed E-state index contributed by atoms with van der Waals surface area (Å²) in [5, 5.41) is 0. The summed E-state index contributed by atoms with van der Waals surface area (Å²) in [7, 11) is 1.53. The minimum Gasteiger partial charge on any atom is -0.492 e. The van der Waals surface area contributed by atoms with Gasteiger partial charge in [0.15, 0.2) is 0 Å². The molecule has 3 aromatic rings. The predicted octanol–water partition coefficient (Wildman–Crippen LogP) is 5.09. The van der Waals surface area contributed by atoms with Gasteiger partial charge in [-0.3, -0.25) is 0 Å². The van der Waals surface area contributed by atoms with Crippen LogP contribution in [0.4, 0.5) is 0 Å². The minimum atomic E-state index is -0.559. The van der Waals surface area contributed by atoms with Crippen molar-refractivity contribution in [3.63, 3.8) is 0 Å². The molecule has 0 aliphatic carbocycles. The monoisotopic (exact) mass is 498 g/mol. The average Bonchev–Trinajstić information content (AvgIpc) is 2.81. The quantitative estimate of drug-likeness (QED) is 0.220. The van der Waals surface area contributed by atoms with E-state index in [1.165, 1.54) is 19.2 Å². The van der Waals surface area contributed by atoms with Crippen LogP contribution in [0.25, 0.3) is 0 Å². The fourth-order valence-corrected chi connectivity index (χ4v) is 3.19. The molecule has 0 radical (unpaired) electrons. The largest absolute Gasteiger partial charge is 0.492 e. The normalized spacial score (nSPS) is 10.4. The van der Waals surface area contributed by atoms with Crippen molar-refractivity contribution in [1.29, 1.82) is 0 Å². The molecular formula is C25H23BrO6. The zero-order chi connectivity index (χ0) is 22.8. The number of hydrogen-bond donors (Lipinski definition) is 0. The third-order valence-corrected chi connectivity index (χ3v) is 4.97. The lowest BCUT2D eigenvalue weighted by Crippen LogP contribution is -2.13. The summed E-state index contributed by atoms with van der Waals surface area (Å²) in [6.07, 6.45) is 0.716. The summed E-state index contributed by atoms with van der Waals surface area (Å²) in [4.78, 5) is 24.7. The first-order chi connectivity index (χ1) is 15.6. The molecule has 0 spiro atoms. The van der Waals surface area contributed by atoms with E-state index >= 15 is 0 Å². The summed E-state index contributed by atoms with van der Waals surface area (Å²) in [5.41, 5.74) is 1.80. The first-order valence-corrected chi connectivity index (χ1v) is 10.8. The van der Waals surface area contributed by atoms with Crippen LogP contribution in [0.2, 0.25) is 0 Å². The predicted molar refractivity (Wildman–Crippen MR) is 123 cm³/mol. The number of rotatable bonds is 10. The molecule has 0 saturated heterocycles. The van der Waals surface area contributed by atoms with E-state index in [-0.39, 0.29) is 6.61 Å². The molecule has 0 N–H and O–H groups in total. The second-order valence-corrected chi connectivity index (χ2v) is 7.68. The van der Waals surface area contributed by atoms with Gasteiger partial charge >= 0.3 is 11.9 Å². The van der Waals surface area contributed by atoms with Crippen molar-refractivity contribution in [3.05, 3.63) is 94.0 Å². The van der Waals surface area contributed by atoms with E-state index in [0.717, 1.165) is 10.0 Å². The zero-order valence-corrected chi connectivity index (χ0v) is 19.2. The maximum Gasteiger partial charge on any atom is 0.347 e. The Kier molecular flexibility index (Phi) is 8.83. The van der Waals surface area contributed by atoms with Gasteiger partial charge in [-0.1, -0.05) is 46.3 Å². The molecule has 0 amide bonds. The third-order valence-electron chi connectivity index (χ3n) is 4.47. The number of methoxy groups -OCH3 is 1. The van der Waals surface area contributed by atoms with E-state index in [1.54, 1.807) is 30.3 Å². The molecule has 32 heavy (non-hydrogen) atoms. The Morgan fingerprint density at radius 3 is 2.31 bits per heavy atom. The molecule has 3 rings (SSSR count). The van der Waals surface area contributed by atoms with Crippen LogP contribution in [0.3, 0.4) is 0 Å². The first-order valence-electron chi connectivity index (χ1n) is 10.0. The van der Waals surface area contributed by atoms with Crippen molar-refractivity contribution in [2.75, 3.05) is 26.9 Å². The van der Waals surface area contributed by atoms with Gasteiger partial charge in [-0.2, -0.15) is 0 Å². The van der Waals surface area contributed by atoms with Crippen LogP contribution in [0.5, 0.6) is 11.5 Å². The van der Waals surface area contributed by atoms with Gasteiger partial charge in [0.1, 0.15) is 23.7 Å². The SMILES string of the molecule is COCCOC(=O)c1ccc(OC(=O)c2cc(Br)ccc2OCCc2ccccc2)cc1. The molecular weight excluding hydrogens is 476 g/mol. The molecule has 0 atom stereocenters. The highest BCUT2D eigenvalue weighted by atomic mass is 79.9.